The number of carbonyl (C=O) groups excluding carboxylic acids is 1. The molecular formula is C16H16FNO3S. The molecule has 0 spiro atoms. The van der Waals surface area contributed by atoms with Crippen LogP contribution in [0.15, 0.2) is 53.4 Å². The van der Waals surface area contributed by atoms with Gasteiger partial charge in [-0.2, -0.15) is 0 Å². The molecule has 2 aromatic carbocycles. The van der Waals surface area contributed by atoms with Gasteiger partial charge in [0.2, 0.25) is 5.91 Å². The second-order valence-corrected chi connectivity index (χ2v) is 6.93. The molecule has 0 atom stereocenters. The van der Waals surface area contributed by atoms with Crippen molar-refractivity contribution in [3.63, 3.8) is 0 Å². The molecule has 0 saturated heterocycles. The van der Waals surface area contributed by atoms with Gasteiger partial charge in [-0.1, -0.05) is 24.3 Å². The fourth-order valence-corrected chi connectivity index (χ4v) is 2.86. The molecule has 0 aliphatic carbocycles. The van der Waals surface area contributed by atoms with E-state index in [1.54, 1.807) is 30.3 Å². The lowest BCUT2D eigenvalue weighted by molar-refractivity contribution is -0.116. The van der Waals surface area contributed by atoms with E-state index in [-0.39, 0.29) is 28.7 Å². The van der Waals surface area contributed by atoms with E-state index < -0.39 is 9.84 Å². The number of hydrogen-bond acceptors (Lipinski definition) is 3. The lowest BCUT2D eigenvalue weighted by atomic mass is 10.1. The Labute approximate surface area is 128 Å². The molecule has 116 valence electrons. The zero-order valence-electron chi connectivity index (χ0n) is 12.0. The number of carbonyl (C=O) groups is 1. The van der Waals surface area contributed by atoms with Crippen LogP contribution in [0.2, 0.25) is 0 Å². The molecule has 0 aromatic heterocycles. The second kappa shape index (κ2) is 6.70. The average Bonchev–Trinajstić information content (AvgIpc) is 2.46. The monoisotopic (exact) mass is 321 g/mol. The van der Waals surface area contributed by atoms with Crippen LogP contribution in [0.5, 0.6) is 0 Å². The van der Waals surface area contributed by atoms with Crippen LogP contribution >= 0.6 is 0 Å². The fraction of sp³-hybridized carbons (Fsp3) is 0.188. The normalized spacial score (nSPS) is 11.2. The highest BCUT2D eigenvalue weighted by Gasteiger charge is 2.14. The Kier molecular flexibility index (Phi) is 4.92. The molecule has 1 N–H and O–H groups in total. The predicted molar refractivity (Wildman–Crippen MR) is 82.9 cm³/mol. The summed E-state index contributed by atoms with van der Waals surface area (Å²) >= 11 is 0. The van der Waals surface area contributed by atoms with Gasteiger partial charge < -0.3 is 5.32 Å². The van der Waals surface area contributed by atoms with Crippen LogP contribution < -0.4 is 5.32 Å². The number of benzene rings is 2. The Morgan fingerprint density at radius 2 is 1.73 bits per heavy atom. The van der Waals surface area contributed by atoms with Crippen molar-refractivity contribution in [2.24, 2.45) is 0 Å². The standard InChI is InChI=1S/C16H16FNO3S/c1-22(20,21)15-5-3-2-4-14(15)18-16(19)11-8-12-6-9-13(17)10-7-12/h2-7,9-10H,8,11H2,1H3,(H,18,19). The minimum atomic E-state index is -3.41. The number of anilines is 1. The van der Waals surface area contributed by atoms with Gasteiger partial charge >= 0.3 is 0 Å². The first-order valence-electron chi connectivity index (χ1n) is 6.69. The minimum absolute atomic E-state index is 0.0881. The molecule has 0 aliphatic rings. The molecule has 0 heterocycles. The zero-order chi connectivity index (χ0) is 16.2. The lowest BCUT2D eigenvalue weighted by Gasteiger charge is -2.09. The van der Waals surface area contributed by atoms with Crippen molar-refractivity contribution in [3.8, 4) is 0 Å². The largest absolute Gasteiger partial charge is 0.325 e. The quantitative estimate of drug-likeness (QED) is 0.921. The van der Waals surface area contributed by atoms with Crippen LogP contribution in [0.1, 0.15) is 12.0 Å². The highest BCUT2D eigenvalue weighted by atomic mass is 32.2. The molecule has 6 heteroatoms. The smallest absolute Gasteiger partial charge is 0.224 e. The van der Waals surface area contributed by atoms with E-state index in [2.05, 4.69) is 5.32 Å². The molecule has 22 heavy (non-hydrogen) atoms. The number of amides is 1. The molecular weight excluding hydrogens is 305 g/mol. The van der Waals surface area contributed by atoms with Crippen molar-refractivity contribution in [1.82, 2.24) is 0 Å². The van der Waals surface area contributed by atoms with Gasteiger partial charge in [0.15, 0.2) is 9.84 Å². The maximum Gasteiger partial charge on any atom is 0.224 e. The summed E-state index contributed by atoms with van der Waals surface area (Å²) in [6.07, 6.45) is 1.73. The molecule has 0 saturated carbocycles. The fourth-order valence-electron chi connectivity index (χ4n) is 2.01. The Morgan fingerprint density at radius 3 is 2.36 bits per heavy atom. The number of halogens is 1. The van der Waals surface area contributed by atoms with Gasteiger partial charge in [0.05, 0.1) is 10.6 Å². The van der Waals surface area contributed by atoms with Gasteiger partial charge in [0, 0.05) is 12.7 Å². The molecule has 0 radical (unpaired) electrons. The summed E-state index contributed by atoms with van der Waals surface area (Å²) in [5.41, 5.74) is 1.11. The zero-order valence-corrected chi connectivity index (χ0v) is 12.9. The molecule has 2 rings (SSSR count). The first-order valence-corrected chi connectivity index (χ1v) is 8.59. The molecule has 4 nitrogen and oxygen atoms in total. The molecule has 0 bridgehead atoms. The van der Waals surface area contributed by atoms with E-state index in [1.165, 1.54) is 18.2 Å². The number of rotatable bonds is 5. The second-order valence-electron chi connectivity index (χ2n) is 4.94. The maximum absolute atomic E-state index is 12.8. The summed E-state index contributed by atoms with van der Waals surface area (Å²) in [6, 6.07) is 12.2. The Balaban J connectivity index is 2.02. The van der Waals surface area contributed by atoms with Gasteiger partial charge in [-0.3, -0.25) is 4.79 Å². The molecule has 2 aromatic rings. The third kappa shape index (κ3) is 4.39. The van der Waals surface area contributed by atoms with Crippen molar-refractivity contribution in [2.75, 3.05) is 11.6 Å². The van der Waals surface area contributed by atoms with Crippen molar-refractivity contribution in [3.05, 3.63) is 59.9 Å². The summed E-state index contributed by atoms with van der Waals surface area (Å²) in [6.45, 7) is 0. The van der Waals surface area contributed by atoms with Crippen LogP contribution in [-0.4, -0.2) is 20.6 Å². The number of para-hydroxylation sites is 1. The predicted octanol–water partition coefficient (Wildman–Crippen LogP) is 2.80. The van der Waals surface area contributed by atoms with Gasteiger partial charge in [-0.25, -0.2) is 12.8 Å². The Hall–Kier alpha value is -2.21. The first-order chi connectivity index (χ1) is 10.4. The third-order valence-corrected chi connectivity index (χ3v) is 4.27. The van der Waals surface area contributed by atoms with Crippen LogP contribution in [0.3, 0.4) is 0 Å². The summed E-state index contributed by atoms with van der Waals surface area (Å²) in [5.74, 6) is -0.615. The van der Waals surface area contributed by atoms with Crippen molar-refractivity contribution in [2.45, 2.75) is 17.7 Å². The minimum Gasteiger partial charge on any atom is -0.325 e. The Morgan fingerprint density at radius 1 is 1.09 bits per heavy atom. The summed E-state index contributed by atoms with van der Waals surface area (Å²) in [5, 5.41) is 2.61. The van der Waals surface area contributed by atoms with E-state index in [0.717, 1.165) is 11.8 Å². The number of aryl methyl sites for hydroxylation is 1. The number of sulfone groups is 1. The SMILES string of the molecule is CS(=O)(=O)c1ccccc1NC(=O)CCc1ccc(F)cc1. The van der Waals surface area contributed by atoms with Crippen molar-refractivity contribution < 1.29 is 17.6 Å². The summed E-state index contributed by atoms with van der Waals surface area (Å²) < 4.78 is 36.1. The molecule has 0 aliphatic heterocycles. The topological polar surface area (TPSA) is 63.2 Å². The summed E-state index contributed by atoms with van der Waals surface area (Å²) in [4.78, 5) is 12.0. The van der Waals surface area contributed by atoms with Gasteiger partial charge in [0.1, 0.15) is 5.82 Å². The van der Waals surface area contributed by atoms with Gasteiger partial charge in [-0.05, 0) is 36.2 Å². The number of hydrogen-bond donors (Lipinski definition) is 1. The van der Waals surface area contributed by atoms with E-state index in [9.17, 15) is 17.6 Å². The van der Waals surface area contributed by atoms with Crippen LogP contribution in [0.25, 0.3) is 0 Å². The summed E-state index contributed by atoms with van der Waals surface area (Å²) in [7, 11) is -3.41. The average molecular weight is 321 g/mol. The number of nitrogens with one attached hydrogen (secondary N) is 1. The van der Waals surface area contributed by atoms with Crippen molar-refractivity contribution >= 4 is 21.4 Å². The van der Waals surface area contributed by atoms with Gasteiger partial charge in [-0.15, -0.1) is 0 Å². The molecule has 0 fully saturated rings. The third-order valence-electron chi connectivity index (χ3n) is 3.11. The first kappa shape index (κ1) is 16.2. The van der Waals surface area contributed by atoms with Gasteiger partial charge in [0.25, 0.3) is 0 Å². The van der Waals surface area contributed by atoms with Crippen LogP contribution in [0.4, 0.5) is 10.1 Å². The highest BCUT2D eigenvalue weighted by Crippen LogP contribution is 2.20. The maximum atomic E-state index is 12.8. The van der Waals surface area contributed by atoms with Crippen LogP contribution in [0, 0.1) is 5.82 Å². The molecule has 0 unspecified atom stereocenters. The Bertz CT molecular complexity index is 770. The van der Waals surface area contributed by atoms with E-state index in [1.807, 2.05) is 0 Å². The van der Waals surface area contributed by atoms with Crippen LogP contribution in [-0.2, 0) is 21.1 Å². The molecule has 1 amide bonds. The lowest BCUT2D eigenvalue weighted by Crippen LogP contribution is -2.14. The van der Waals surface area contributed by atoms with E-state index in [4.69, 9.17) is 0 Å². The highest BCUT2D eigenvalue weighted by molar-refractivity contribution is 7.90. The van der Waals surface area contributed by atoms with E-state index in [0.29, 0.717) is 6.42 Å². The van der Waals surface area contributed by atoms with E-state index >= 15 is 0 Å². The van der Waals surface area contributed by atoms with Crippen molar-refractivity contribution in [1.29, 1.82) is 0 Å².